The van der Waals surface area contributed by atoms with Crippen LogP contribution in [0.25, 0.3) is 66.1 Å². The molecule has 0 aliphatic carbocycles. The molecular formula is C40H37N17O. The molecule has 6 aromatic heterocycles. The number of nitrogens with two attached hydrogens (primary N) is 2. The average molecular weight is 772 g/mol. The zero-order chi connectivity index (χ0) is 40.1. The molecule has 18 heteroatoms. The second kappa shape index (κ2) is 18.1. The standard InChI is InChI=1S/2C7H7N3.2C7H6N2.C6H6N4.C6H5N3O/c1-5-2-3-6-7(4-5)9-10-8-6;8-7-9-5-3-1-2-4-6(5)10-7;1-2-4-7-6(3-1)8-5-9-7;1-2-4-7-6(3-1)5-8-9-7;7-4-1-2-5-6(3-4)9-10-8-5;10-9-6-4-2-1-3-5(6)7-8-9/h2-4H,1H3,(H,8,9,10);1-4H,(H3,8,9,10);2*1-5H,(H,8,9);1-3H,7H2,(H,8,9,10);1-4,10H. The molecule has 6 aromatic carbocycles. The predicted octanol–water partition coefficient (Wildman–Crippen LogP) is 6.75. The van der Waals surface area contributed by atoms with Crippen molar-refractivity contribution in [2.24, 2.45) is 0 Å². The van der Waals surface area contributed by atoms with Gasteiger partial charge in [-0.05, 0) is 90.5 Å². The fourth-order valence-electron chi connectivity index (χ4n) is 5.40. The number of nitrogen functional groups attached to an aromatic ring is 2. The lowest BCUT2D eigenvalue weighted by atomic mass is 10.2. The SMILES string of the molecule is Cc1ccc2n[nH]nc2c1.Nc1ccc2n[nH]nc2c1.Nc1nc2ccccc2[nH]1.On1nnc2ccccc21.c1ccc2[nH]cnc2c1.c1ccc2[nH]ncc2c1. The largest absolute Gasteiger partial charge is 0.410 e. The number of nitrogens with one attached hydrogen (secondary N) is 5. The third kappa shape index (κ3) is 9.70. The zero-order valence-electron chi connectivity index (χ0n) is 30.9. The van der Waals surface area contributed by atoms with Crippen LogP contribution in [0.5, 0.6) is 0 Å². The molecular weight excluding hydrogens is 735 g/mol. The summed E-state index contributed by atoms with van der Waals surface area (Å²) in [6, 6.07) is 42.3. The fraction of sp³-hybridized carbons (Fsp3) is 0.0250. The van der Waals surface area contributed by atoms with Crippen molar-refractivity contribution in [2.75, 3.05) is 11.5 Å². The Balaban J connectivity index is 0.000000106. The Morgan fingerprint density at radius 1 is 0.586 bits per heavy atom. The summed E-state index contributed by atoms with van der Waals surface area (Å²) in [5, 5.41) is 44.6. The van der Waals surface area contributed by atoms with Crippen LogP contribution < -0.4 is 11.5 Å². The summed E-state index contributed by atoms with van der Waals surface area (Å²) in [6.45, 7) is 2.04. The van der Waals surface area contributed by atoms with Gasteiger partial charge in [0.2, 0.25) is 0 Å². The van der Waals surface area contributed by atoms with Crippen LogP contribution in [-0.4, -0.2) is 81.3 Å². The van der Waals surface area contributed by atoms with Gasteiger partial charge in [0.05, 0.1) is 40.1 Å². The summed E-state index contributed by atoms with van der Waals surface area (Å²) in [5.74, 6) is 0.473. The number of rotatable bonds is 0. The first-order valence-electron chi connectivity index (χ1n) is 17.7. The lowest BCUT2D eigenvalue weighted by Crippen LogP contribution is -1.90. The Hall–Kier alpha value is -8.67. The lowest BCUT2D eigenvalue weighted by molar-refractivity contribution is 0.155. The van der Waals surface area contributed by atoms with Gasteiger partial charge in [0, 0.05) is 11.1 Å². The highest BCUT2D eigenvalue weighted by Crippen LogP contribution is 2.12. The molecule has 18 nitrogen and oxygen atoms in total. The molecule has 288 valence electrons. The third-order valence-electron chi connectivity index (χ3n) is 8.23. The van der Waals surface area contributed by atoms with Gasteiger partial charge >= 0.3 is 0 Å². The molecule has 10 N–H and O–H groups in total. The molecule has 0 bridgehead atoms. The maximum atomic E-state index is 8.95. The van der Waals surface area contributed by atoms with E-state index in [0.717, 1.165) is 59.9 Å². The van der Waals surface area contributed by atoms with Crippen molar-refractivity contribution in [3.63, 3.8) is 0 Å². The number of nitrogens with zero attached hydrogens (tertiary/aromatic N) is 10. The maximum absolute atomic E-state index is 8.95. The van der Waals surface area contributed by atoms with Crippen LogP contribution in [0.15, 0.2) is 146 Å². The summed E-state index contributed by atoms with van der Waals surface area (Å²) in [5.41, 5.74) is 22.8. The number of aromatic amines is 5. The first-order chi connectivity index (χ1) is 28.4. The van der Waals surface area contributed by atoms with Gasteiger partial charge in [0.1, 0.15) is 33.1 Å². The van der Waals surface area contributed by atoms with Crippen molar-refractivity contribution in [3.8, 4) is 0 Å². The molecule has 0 saturated heterocycles. The van der Waals surface area contributed by atoms with Gasteiger partial charge in [0.25, 0.3) is 0 Å². The highest BCUT2D eigenvalue weighted by molar-refractivity contribution is 5.79. The molecule has 12 aromatic rings. The molecule has 58 heavy (non-hydrogen) atoms. The summed E-state index contributed by atoms with van der Waals surface area (Å²) in [6.07, 6.45) is 3.51. The van der Waals surface area contributed by atoms with E-state index in [4.69, 9.17) is 16.7 Å². The number of aromatic nitrogens is 15. The summed E-state index contributed by atoms with van der Waals surface area (Å²) < 4.78 is 0. The topological polar surface area (TPSA) is 272 Å². The van der Waals surface area contributed by atoms with Crippen molar-refractivity contribution in [1.82, 2.24) is 76.1 Å². The van der Waals surface area contributed by atoms with Crippen LogP contribution in [0, 0.1) is 6.92 Å². The average Bonchev–Trinajstić information content (AvgIpc) is 4.12. The van der Waals surface area contributed by atoms with Crippen LogP contribution >= 0.6 is 0 Å². The summed E-state index contributed by atoms with van der Waals surface area (Å²) in [7, 11) is 0. The molecule has 6 heterocycles. The van der Waals surface area contributed by atoms with E-state index in [1.807, 2.05) is 122 Å². The smallest absolute Gasteiger partial charge is 0.198 e. The first-order valence-corrected chi connectivity index (χ1v) is 17.7. The Labute approximate surface area is 328 Å². The molecule has 0 aliphatic rings. The Morgan fingerprint density at radius 2 is 1.21 bits per heavy atom. The Morgan fingerprint density at radius 3 is 1.93 bits per heavy atom. The van der Waals surface area contributed by atoms with Gasteiger partial charge in [-0.3, -0.25) is 5.10 Å². The number of imidazole rings is 2. The molecule has 0 aliphatic heterocycles. The number of benzene rings is 6. The monoisotopic (exact) mass is 771 g/mol. The zero-order valence-corrected chi connectivity index (χ0v) is 30.9. The van der Waals surface area contributed by atoms with Crippen LogP contribution in [0.2, 0.25) is 0 Å². The molecule has 0 saturated carbocycles. The molecule has 0 radical (unpaired) electrons. The Bertz CT molecular complexity index is 2880. The summed E-state index contributed by atoms with van der Waals surface area (Å²) in [4.78, 5) is 14.8. The molecule has 0 atom stereocenters. The van der Waals surface area contributed by atoms with Gasteiger partial charge < -0.3 is 26.6 Å². The Kier molecular flexibility index (Phi) is 11.7. The van der Waals surface area contributed by atoms with Gasteiger partial charge in [-0.2, -0.15) is 35.9 Å². The van der Waals surface area contributed by atoms with Crippen LogP contribution in [0.3, 0.4) is 0 Å². The predicted molar refractivity (Wildman–Crippen MR) is 224 cm³/mol. The number of hydrogen-bond donors (Lipinski definition) is 8. The molecule has 12 rings (SSSR count). The van der Waals surface area contributed by atoms with Crippen LogP contribution in [0.4, 0.5) is 11.6 Å². The van der Waals surface area contributed by atoms with Crippen LogP contribution in [0.1, 0.15) is 5.56 Å². The van der Waals surface area contributed by atoms with E-state index in [-0.39, 0.29) is 0 Å². The van der Waals surface area contributed by atoms with E-state index in [0.29, 0.717) is 22.7 Å². The second-order valence-electron chi connectivity index (χ2n) is 12.4. The van der Waals surface area contributed by atoms with E-state index >= 15 is 0 Å². The van der Waals surface area contributed by atoms with Gasteiger partial charge in [-0.25, -0.2) is 9.97 Å². The van der Waals surface area contributed by atoms with Gasteiger partial charge in [-0.1, -0.05) is 65.5 Å². The number of anilines is 2. The maximum Gasteiger partial charge on any atom is 0.198 e. The van der Waals surface area contributed by atoms with E-state index in [2.05, 4.69) is 71.3 Å². The summed E-state index contributed by atoms with van der Waals surface area (Å²) >= 11 is 0. The number of H-pyrrole nitrogens is 5. The number of para-hydroxylation sites is 6. The van der Waals surface area contributed by atoms with Crippen molar-refractivity contribution in [3.05, 3.63) is 152 Å². The highest BCUT2D eigenvalue weighted by atomic mass is 16.5. The molecule has 0 spiro atoms. The van der Waals surface area contributed by atoms with Crippen molar-refractivity contribution < 1.29 is 5.21 Å². The van der Waals surface area contributed by atoms with Gasteiger partial charge in [-0.15, -0.1) is 5.10 Å². The number of fused-ring (bicyclic) bond motifs is 6. The minimum Gasteiger partial charge on any atom is -0.410 e. The molecule has 0 fully saturated rings. The van der Waals surface area contributed by atoms with E-state index < -0.39 is 0 Å². The quantitative estimate of drug-likeness (QED) is 0.0588. The van der Waals surface area contributed by atoms with E-state index in [1.54, 1.807) is 30.6 Å². The fourth-order valence-corrected chi connectivity index (χ4v) is 5.40. The highest BCUT2D eigenvalue weighted by Gasteiger charge is 1.99. The first kappa shape index (κ1) is 37.6. The molecule has 0 unspecified atom stereocenters. The van der Waals surface area contributed by atoms with E-state index in [1.165, 1.54) is 5.56 Å². The minimum atomic E-state index is 0.473. The van der Waals surface area contributed by atoms with Gasteiger partial charge in [0.15, 0.2) is 5.95 Å². The van der Waals surface area contributed by atoms with Crippen molar-refractivity contribution in [2.45, 2.75) is 6.92 Å². The third-order valence-corrected chi connectivity index (χ3v) is 8.23. The van der Waals surface area contributed by atoms with E-state index in [9.17, 15) is 0 Å². The second-order valence-corrected chi connectivity index (χ2v) is 12.4. The number of hydrogen-bond acceptors (Lipinski definition) is 12. The normalized spacial score (nSPS) is 10.4. The number of aryl methyl sites for hydroxylation is 1. The van der Waals surface area contributed by atoms with Crippen molar-refractivity contribution in [1.29, 1.82) is 0 Å². The molecule has 0 amide bonds. The van der Waals surface area contributed by atoms with Crippen molar-refractivity contribution >= 4 is 77.7 Å². The minimum absolute atomic E-state index is 0.473. The lowest BCUT2D eigenvalue weighted by Gasteiger charge is -1.87. The van der Waals surface area contributed by atoms with Crippen LogP contribution in [-0.2, 0) is 0 Å².